The average molecular weight is 260 g/mol. The summed E-state index contributed by atoms with van der Waals surface area (Å²) in [5, 5.41) is 17.6. The van der Waals surface area contributed by atoms with E-state index in [0.717, 1.165) is 0 Å². The van der Waals surface area contributed by atoms with Crippen LogP contribution in [0.5, 0.6) is 5.75 Å². The lowest BCUT2D eigenvalue weighted by Crippen LogP contribution is -2.54. The summed E-state index contributed by atoms with van der Waals surface area (Å²) in [7, 11) is 0. The smallest absolute Gasteiger partial charge is 0.263 e. The molecular formula is C14H16N2O3. The average Bonchev–Trinajstić information content (AvgIpc) is 2.38. The van der Waals surface area contributed by atoms with E-state index in [2.05, 4.69) is 0 Å². The predicted molar refractivity (Wildman–Crippen MR) is 68.4 cm³/mol. The standard InChI is InChI=1S/C14H16N2O3/c1-10(14(18)16-7-12(8-16)9-17)19-13-4-2-11(6-15)3-5-13/h2-5,10,12,17H,7-9H2,1H3. The molecule has 0 radical (unpaired) electrons. The Morgan fingerprint density at radius 3 is 2.68 bits per heavy atom. The van der Waals surface area contributed by atoms with Gasteiger partial charge in [0.15, 0.2) is 6.10 Å². The fourth-order valence-electron chi connectivity index (χ4n) is 1.98. The van der Waals surface area contributed by atoms with Crippen molar-refractivity contribution < 1.29 is 14.6 Å². The fourth-order valence-corrected chi connectivity index (χ4v) is 1.98. The topological polar surface area (TPSA) is 73.6 Å². The third kappa shape index (κ3) is 3.04. The number of likely N-dealkylation sites (tertiary alicyclic amines) is 1. The van der Waals surface area contributed by atoms with E-state index in [4.69, 9.17) is 15.1 Å². The third-order valence-corrected chi connectivity index (χ3v) is 3.17. The second kappa shape index (κ2) is 5.72. The van der Waals surface area contributed by atoms with Crippen molar-refractivity contribution in [3.63, 3.8) is 0 Å². The number of carbonyl (C=O) groups excluding carboxylic acids is 1. The van der Waals surface area contributed by atoms with E-state index in [9.17, 15) is 4.79 Å². The molecule has 0 aromatic heterocycles. The summed E-state index contributed by atoms with van der Waals surface area (Å²) in [6.07, 6.45) is -0.562. The highest BCUT2D eigenvalue weighted by molar-refractivity contribution is 5.81. The molecule has 5 nitrogen and oxygen atoms in total. The minimum atomic E-state index is -0.562. The summed E-state index contributed by atoms with van der Waals surface area (Å²) in [5.41, 5.74) is 0.555. The normalized spacial score (nSPS) is 16.4. The molecule has 1 atom stereocenters. The van der Waals surface area contributed by atoms with Crippen LogP contribution in [0.25, 0.3) is 0 Å². The molecule has 0 bridgehead atoms. The van der Waals surface area contributed by atoms with Crippen molar-refractivity contribution in [1.82, 2.24) is 4.90 Å². The first-order valence-corrected chi connectivity index (χ1v) is 6.20. The number of carbonyl (C=O) groups is 1. The zero-order chi connectivity index (χ0) is 13.8. The van der Waals surface area contributed by atoms with Crippen molar-refractivity contribution in [1.29, 1.82) is 5.26 Å². The zero-order valence-corrected chi connectivity index (χ0v) is 10.7. The van der Waals surface area contributed by atoms with Gasteiger partial charge in [0, 0.05) is 25.6 Å². The summed E-state index contributed by atoms with van der Waals surface area (Å²) in [6.45, 7) is 3.01. The van der Waals surface area contributed by atoms with E-state index in [1.165, 1.54) is 0 Å². The van der Waals surface area contributed by atoms with Gasteiger partial charge in [0.05, 0.1) is 11.6 Å². The lowest BCUT2D eigenvalue weighted by molar-refractivity contribution is -0.145. The first kappa shape index (κ1) is 13.4. The number of hydrogen-bond donors (Lipinski definition) is 1. The van der Waals surface area contributed by atoms with Crippen LogP contribution in [-0.2, 0) is 4.79 Å². The third-order valence-electron chi connectivity index (χ3n) is 3.17. The van der Waals surface area contributed by atoms with Crippen molar-refractivity contribution in [2.24, 2.45) is 5.92 Å². The highest BCUT2D eigenvalue weighted by Crippen LogP contribution is 2.19. The number of nitrogens with zero attached hydrogens (tertiary/aromatic N) is 2. The number of nitriles is 1. The second-order valence-corrected chi connectivity index (χ2v) is 4.69. The van der Waals surface area contributed by atoms with Gasteiger partial charge in [-0.3, -0.25) is 4.79 Å². The molecule has 0 saturated carbocycles. The number of amides is 1. The summed E-state index contributed by atoms with van der Waals surface area (Å²) >= 11 is 0. The molecule has 1 amide bonds. The summed E-state index contributed by atoms with van der Waals surface area (Å²) in [6, 6.07) is 8.68. The van der Waals surface area contributed by atoms with Crippen molar-refractivity contribution in [2.75, 3.05) is 19.7 Å². The Morgan fingerprint density at radius 1 is 1.53 bits per heavy atom. The number of ether oxygens (including phenoxy) is 1. The molecular weight excluding hydrogens is 244 g/mol. The van der Waals surface area contributed by atoms with Gasteiger partial charge in [-0.25, -0.2) is 0 Å². The minimum Gasteiger partial charge on any atom is -0.481 e. The number of rotatable bonds is 4. The number of hydrogen-bond acceptors (Lipinski definition) is 4. The van der Waals surface area contributed by atoms with Gasteiger partial charge in [0.1, 0.15) is 5.75 Å². The monoisotopic (exact) mass is 260 g/mol. The fraction of sp³-hybridized carbons (Fsp3) is 0.429. The minimum absolute atomic E-state index is 0.0749. The molecule has 19 heavy (non-hydrogen) atoms. The molecule has 0 aliphatic carbocycles. The molecule has 0 spiro atoms. The Hall–Kier alpha value is -2.06. The van der Waals surface area contributed by atoms with E-state index in [-0.39, 0.29) is 18.4 Å². The van der Waals surface area contributed by atoms with Crippen molar-refractivity contribution >= 4 is 5.91 Å². The van der Waals surface area contributed by atoms with Gasteiger partial charge < -0.3 is 14.7 Å². The molecule has 1 aromatic carbocycles. The van der Waals surface area contributed by atoms with Crippen LogP contribution in [0.15, 0.2) is 24.3 Å². The van der Waals surface area contributed by atoms with Crippen molar-refractivity contribution in [2.45, 2.75) is 13.0 Å². The Kier molecular flexibility index (Phi) is 4.03. The first-order chi connectivity index (χ1) is 9.13. The summed E-state index contributed by atoms with van der Waals surface area (Å²) in [5.74, 6) is 0.694. The Morgan fingerprint density at radius 2 is 2.16 bits per heavy atom. The highest BCUT2D eigenvalue weighted by Gasteiger charge is 2.33. The van der Waals surface area contributed by atoms with Crippen LogP contribution in [0, 0.1) is 17.2 Å². The molecule has 5 heteroatoms. The van der Waals surface area contributed by atoms with Gasteiger partial charge in [-0.2, -0.15) is 5.26 Å². The molecule has 100 valence electrons. The maximum Gasteiger partial charge on any atom is 0.263 e. The molecule has 1 aromatic rings. The molecule has 1 fully saturated rings. The maximum absolute atomic E-state index is 12.0. The molecule has 2 rings (SSSR count). The van der Waals surface area contributed by atoms with Crippen LogP contribution >= 0.6 is 0 Å². The second-order valence-electron chi connectivity index (χ2n) is 4.69. The van der Waals surface area contributed by atoms with Crippen LogP contribution in [-0.4, -0.2) is 41.7 Å². The lowest BCUT2D eigenvalue weighted by Gasteiger charge is -2.39. The van der Waals surface area contributed by atoms with E-state index in [1.54, 1.807) is 36.1 Å². The van der Waals surface area contributed by atoms with E-state index in [1.807, 2.05) is 6.07 Å². The van der Waals surface area contributed by atoms with Gasteiger partial charge in [0.2, 0.25) is 0 Å². The number of aliphatic hydroxyl groups is 1. The van der Waals surface area contributed by atoms with Crippen LogP contribution in [0.2, 0.25) is 0 Å². The van der Waals surface area contributed by atoms with E-state index < -0.39 is 6.10 Å². The lowest BCUT2D eigenvalue weighted by atomic mass is 10.0. The van der Waals surface area contributed by atoms with E-state index >= 15 is 0 Å². The first-order valence-electron chi connectivity index (χ1n) is 6.20. The SMILES string of the molecule is CC(Oc1ccc(C#N)cc1)C(=O)N1CC(CO)C1. The molecule has 1 aliphatic rings. The molecule has 1 saturated heterocycles. The van der Waals surface area contributed by atoms with Gasteiger partial charge in [-0.05, 0) is 31.2 Å². The molecule has 1 heterocycles. The van der Waals surface area contributed by atoms with Gasteiger partial charge in [0.25, 0.3) is 5.91 Å². The molecule has 1 N–H and O–H groups in total. The van der Waals surface area contributed by atoms with Crippen LogP contribution < -0.4 is 4.74 Å². The van der Waals surface area contributed by atoms with E-state index in [0.29, 0.717) is 24.4 Å². The molecule has 1 unspecified atom stereocenters. The van der Waals surface area contributed by atoms with Gasteiger partial charge in [-0.1, -0.05) is 0 Å². The van der Waals surface area contributed by atoms with Gasteiger partial charge in [-0.15, -0.1) is 0 Å². The maximum atomic E-state index is 12.0. The Balaban J connectivity index is 1.88. The number of benzene rings is 1. The quantitative estimate of drug-likeness (QED) is 0.868. The van der Waals surface area contributed by atoms with Gasteiger partial charge >= 0.3 is 0 Å². The van der Waals surface area contributed by atoms with Crippen LogP contribution in [0.4, 0.5) is 0 Å². The van der Waals surface area contributed by atoms with Crippen LogP contribution in [0.3, 0.4) is 0 Å². The van der Waals surface area contributed by atoms with Crippen LogP contribution in [0.1, 0.15) is 12.5 Å². The highest BCUT2D eigenvalue weighted by atomic mass is 16.5. The Labute approximate surface area is 112 Å². The van der Waals surface area contributed by atoms with Crippen molar-refractivity contribution in [3.05, 3.63) is 29.8 Å². The Bertz CT molecular complexity index is 486. The predicted octanol–water partition coefficient (Wildman–Crippen LogP) is 0.776. The molecule has 1 aliphatic heterocycles. The number of aliphatic hydroxyl groups excluding tert-OH is 1. The zero-order valence-electron chi connectivity index (χ0n) is 10.7. The van der Waals surface area contributed by atoms with Crippen molar-refractivity contribution in [3.8, 4) is 11.8 Å². The summed E-state index contributed by atoms with van der Waals surface area (Å²) < 4.78 is 5.54. The largest absolute Gasteiger partial charge is 0.481 e. The summed E-state index contributed by atoms with van der Waals surface area (Å²) in [4.78, 5) is 13.7.